The maximum Gasteiger partial charge on any atom is 0.132 e. The van der Waals surface area contributed by atoms with Gasteiger partial charge in [0, 0.05) is 10.9 Å². The zero-order chi connectivity index (χ0) is 15.9. The zero-order valence-electron chi connectivity index (χ0n) is 13.2. The van der Waals surface area contributed by atoms with Crippen molar-refractivity contribution in [2.45, 2.75) is 23.9 Å². The molecule has 4 heteroatoms. The molecule has 0 fully saturated rings. The number of hydrogen-bond acceptors (Lipinski definition) is 4. The van der Waals surface area contributed by atoms with Crippen molar-refractivity contribution in [3.05, 3.63) is 59.7 Å². The van der Waals surface area contributed by atoms with E-state index in [-0.39, 0.29) is 18.7 Å². The normalized spacial score (nSPS) is 13.6. The fourth-order valence-corrected chi connectivity index (χ4v) is 3.01. The molecule has 118 valence electrons. The van der Waals surface area contributed by atoms with E-state index < -0.39 is 0 Å². The molecule has 0 aliphatic heterocycles. The van der Waals surface area contributed by atoms with Crippen LogP contribution in [0.3, 0.4) is 0 Å². The minimum absolute atomic E-state index is 0.0639. The predicted molar refractivity (Wildman–Crippen MR) is 92.6 cm³/mol. The Kier molecular flexibility index (Phi) is 6.31. The van der Waals surface area contributed by atoms with E-state index in [0.717, 1.165) is 21.8 Å². The second-order valence-electron chi connectivity index (χ2n) is 5.15. The number of aliphatic hydroxyl groups excluding tert-OH is 1. The van der Waals surface area contributed by atoms with Crippen molar-refractivity contribution in [2.24, 2.45) is 0 Å². The van der Waals surface area contributed by atoms with Gasteiger partial charge in [0.15, 0.2) is 0 Å². The van der Waals surface area contributed by atoms with Gasteiger partial charge in [-0.05, 0) is 36.4 Å². The summed E-state index contributed by atoms with van der Waals surface area (Å²) in [7, 11) is 1.69. The Morgan fingerprint density at radius 1 is 1.14 bits per heavy atom. The Hall–Kier alpha value is -1.49. The molecule has 0 bridgehead atoms. The second kappa shape index (κ2) is 8.22. The summed E-state index contributed by atoms with van der Waals surface area (Å²) < 4.78 is 5.44. The number of ether oxygens (including phenoxy) is 1. The molecule has 0 radical (unpaired) electrons. The smallest absolute Gasteiger partial charge is 0.132 e. The van der Waals surface area contributed by atoms with Crippen LogP contribution in [0.2, 0.25) is 0 Å². The van der Waals surface area contributed by atoms with Crippen LogP contribution in [0.5, 0.6) is 5.75 Å². The van der Waals surface area contributed by atoms with Gasteiger partial charge in [-0.1, -0.05) is 36.4 Å². The van der Waals surface area contributed by atoms with E-state index in [1.54, 1.807) is 18.9 Å². The van der Waals surface area contributed by atoms with Gasteiger partial charge in [-0.25, -0.2) is 0 Å². The first-order chi connectivity index (χ1) is 10.7. The van der Waals surface area contributed by atoms with Gasteiger partial charge in [0.05, 0.1) is 19.8 Å². The second-order valence-corrected chi connectivity index (χ2v) is 6.00. The van der Waals surface area contributed by atoms with E-state index in [1.165, 1.54) is 0 Å². The summed E-state index contributed by atoms with van der Waals surface area (Å²) in [6.45, 7) is 2.16. The lowest BCUT2D eigenvalue weighted by molar-refractivity contribution is 0.235. The molecule has 0 heterocycles. The summed E-state index contributed by atoms with van der Waals surface area (Å²) >= 11 is 1.67. The van der Waals surface area contributed by atoms with Crippen molar-refractivity contribution in [3.63, 3.8) is 0 Å². The van der Waals surface area contributed by atoms with Crippen LogP contribution < -0.4 is 10.1 Å². The van der Waals surface area contributed by atoms with Crippen LogP contribution in [-0.2, 0) is 0 Å². The molecule has 0 aliphatic rings. The Balaban J connectivity index is 2.15. The summed E-state index contributed by atoms with van der Waals surface area (Å²) in [5.74, 6) is 0.888. The maximum atomic E-state index is 9.67. The van der Waals surface area contributed by atoms with Gasteiger partial charge >= 0.3 is 0 Å². The monoisotopic (exact) mass is 317 g/mol. The summed E-state index contributed by atoms with van der Waals surface area (Å²) in [6, 6.07) is 16.3. The molecule has 2 atom stereocenters. The van der Waals surface area contributed by atoms with Gasteiger partial charge in [-0.2, -0.15) is 0 Å². The minimum Gasteiger partial charge on any atom is -0.496 e. The first kappa shape index (κ1) is 16.9. The standard InChI is InChI=1S/C18H23NO2S/c1-13(15-9-10-18(22-3)17(11-15)21-2)19-16(12-20)14-7-5-4-6-8-14/h4-11,13,16,19-20H,12H2,1-3H3. The molecule has 0 saturated heterocycles. The molecular formula is C18H23NO2S. The molecule has 2 N–H and O–H groups in total. The average molecular weight is 317 g/mol. The van der Waals surface area contributed by atoms with E-state index >= 15 is 0 Å². The van der Waals surface area contributed by atoms with Gasteiger partial charge < -0.3 is 15.2 Å². The molecule has 0 aromatic heterocycles. The Morgan fingerprint density at radius 3 is 2.45 bits per heavy atom. The van der Waals surface area contributed by atoms with E-state index in [0.29, 0.717) is 0 Å². The van der Waals surface area contributed by atoms with Gasteiger partial charge in [0.2, 0.25) is 0 Å². The first-order valence-corrected chi connectivity index (χ1v) is 8.55. The van der Waals surface area contributed by atoms with Crippen LogP contribution in [0.4, 0.5) is 0 Å². The quantitative estimate of drug-likeness (QED) is 0.762. The highest BCUT2D eigenvalue weighted by Crippen LogP contribution is 2.31. The highest BCUT2D eigenvalue weighted by atomic mass is 32.2. The van der Waals surface area contributed by atoms with Crippen molar-refractivity contribution in [2.75, 3.05) is 20.0 Å². The first-order valence-electron chi connectivity index (χ1n) is 7.33. The number of benzene rings is 2. The molecule has 2 aromatic rings. The fraction of sp³-hybridized carbons (Fsp3) is 0.333. The van der Waals surface area contributed by atoms with Gasteiger partial charge in [0.25, 0.3) is 0 Å². The lowest BCUT2D eigenvalue weighted by Gasteiger charge is -2.23. The number of aliphatic hydroxyl groups is 1. The summed E-state index contributed by atoms with van der Waals surface area (Å²) in [4.78, 5) is 1.13. The molecule has 2 rings (SSSR count). The molecule has 0 amide bonds. The third-order valence-electron chi connectivity index (χ3n) is 3.74. The van der Waals surface area contributed by atoms with Crippen LogP contribution >= 0.6 is 11.8 Å². The van der Waals surface area contributed by atoms with Gasteiger partial charge in [-0.3, -0.25) is 0 Å². The van der Waals surface area contributed by atoms with E-state index in [9.17, 15) is 5.11 Å². The number of rotatable bonds is 7. The highest BCUT2D eigenvalue weighted by Gasteiger charge is 2.15. The van der Waals surface area contributed by atoms with Crippen molar-refractivity contribution in [1.82, 2.24) is 5.32 Å². The molecule has 2 aromatic carbocycles. The fourth-order valence-electron chi connectivity index (χ4n) is 2.46. The number of hydrogen-bond donors (Lipinski definition) is 2. The number of thioether (sulfide) groups is 1. The SMILES string of the molecule is COc1cc(C(C)NC(CO)c2ccccc2)ccc1SC. The topological polar surface area (TPSA) is 41.5 Å². The predicted octanol–water partition coefficient (Wildman–Crippen LogP) is 3.80. The highest BCUT2D eigenvalue weighted by molar-refractivity contribution is 7.98. The van der Waals surface area contributed by atoms with Crippen LogP contribution in [0, 0.1) is 0 Å². The van der Waals surface area contributed by atoms with Crippen molar-refractivity contribution in [3.8, 4) is 5.75 Å². The van der Waals surface area contributed by atoms with Crippen molar-refractivity contribution < 1.29 is 9.84 Å². The molecule has 0 saturated carbocycles. The van der Waals surface area contributed by atoms with E-state index in [4.69, 9.17) is 4.74 Å². The van der Waals surface area contributed by atoms with Crippen molar-refractivity contribution in [1.29, 1.82) is 0 Å². The van der Waals surface area contributed by atoms with Crippen LogP contribution in [0.25, 0.3) is 0 Å². The van der Waals surface area contributed by atoms with Crippen LogP contribution in [0.1, 0.15) is 30.1 Å². The van der Waals surface area contributed by atoms with Gasteiger partial charge in [0.1, 0.15) is 5.75 Å². The molecule has 22 heavy (non-hydrogen) atoms. The Morgan fingerprint density at radius 2 is 1.86 bits per heavy atom. The third-order valence-corrected chi connectivity index (χ3v) is 4.52. The molecule has 0 spiro atoms. The summed E-state index contributed by atoms with van der Waals surface area (Å²) in [6.07, 6.45) is 2.04. The number of methoxy groups -OCH3 is 1. The molecule has 2 unspecified atom stereocenters. The van der Waals surface area contributed by atoms with E-state index in [1.807, 2.05) is 36.6 Å². The zero-order valence-corrected chi connectivity index (χ0v) is 14.1. The lowest BCUT2D eigenvalue weighted by atomic mass is 10.0. The molecular weight excluding hydrogens is 294 g/mol. The minimum atomic E-state index is -0.0811. The maximum absolute atomic E-state index is 9.67. The van der Waals surface area contributed by atoms with Crippen LogP contribution in [0.15, 0.2) is 53.4 Å². The summed E-state index contributed by atoms with van der Waals surface area (Å²) in [5, 5.41) is 13.1. The molecule has 0 aliphatic carbocycles. The third kappa shape index (κ3) is 4.03. The summed E-state index contributed by atoms with van der Waals surface area (Å²) in [5.41, 5.74) is 2.23. The largest absolute Gasteiger partial charge is 0.496 e. The Labute approximate surface area is 136 Å². The van der Waals surface area contributed by atoms with E-state index in [2.05, 4.69) is 30.4 Å². The van der Waals surface area contributed by atoms with Crippen LogP contribution in [-0.4, -0.2) is 25.1 Å². The van der Waals surface area contributed by atoms with Gasteiger partial charge in [-0.15, -0.1) is 11.8 Å². The molecule has 3 nitrogen and oxygen atoms in total. The number of nitrogens with one attached hydrogen (secondary N) is 1. The lowest BCUT2D eigenvalue weighted by Crippen LogP contribution is -2.27. The average Bonchev–Trinajstić information content (AvgIpc) is 2.59. The Bertz CT molecular complexity index is 589. The van der Waals surface area contributed by atoms with Crippen molar-refractivity contribution >= 4 is 11.8 Å².